The van der Waals surface area contributed by atoms with Gasteiger partial charge in [-0.15, -0.1) is 11.8 Å². The first-order valence-electron chi connectivity index (χ1n) is 7.89. The van der Waals surface area contributed by atoms with Crippen molar-refractivity contribution in [1.29, 1.82) is 0 Å². The smallest absolute Gasteiger partial charge is 0.352 e. The number of carboxylic acid groups (broad SMARTS) is 1. The fourth-order valence-corrected chi connectivity index (χ4v) is 4.18. The summed E-state index contributed by atoms with van der Waals surface area (Å²) in [6.07, 6.45) is 0. The van der Waals surface area contributed by atoms with Crippen molar-refractivity contribution in [2.45, 2.75) is 18.0 Å². The van der Waals surface area contributed by atoms with Gasteiger partial charge in [0.15, 0.2) is 0 Å². The molecular formula is C17H16N2O7S. The molecule has 1 aromatic rings. The maximum atomic E-state index is 12.5. The van der Waals surface area contributed by atoms with Crippen LogP contribution in [0.15, 0.2) is 41.6 Å². The van der Waals surface area contributed by atoms with Gasteiger partial charge in [-0.2, -0.15) is 0 Å². The second-order valence-corrected chi connectivity index (χ2v) is 7.03. The Morgan fingerprint density at radius 3 is 2.59 bits per heavy atom. The summed E-state index contributed by atoms with van der Waals surface area (Å²) in [6, 6.07) is 8.03. The molecule has 10 heteroatoms. The van der Waals surface area contributed by atoms with E-state index in [1.807, 2.05) is 0 Å². The molecule has 3 rings (SSSR count). The van der Waals surface area contributed by atoms with Gasteiger partial charge in [-0.3, -0.25) is 19.3 Å². The number of nitrogens with zero attached hydrogens (tertiary/aromatic N) is 1. The van der Waals surface area contributed by atoms with Crippen molar-refractivity contribution >= 4 is 35.5 Å². The minimum atomic E-state index is -2.22. The van der Waals surface area contributed by atoms with Crippen LogP contribution in [0.3, 0.4) is 0 Å². The van der Waals surface area contributed by atoms with Gasteiger partial charge in [-0.05, 0) is 12.1 Å². The van der Waals surface area contributed by atoms with E-state index in [0.29, 0.717) is 0 Å². The molecule has 0 aromatic heterocycles. The molecule has 27 heavy (non-hydrogen) atoms. The van der Waals surface area contributed by atoms with Crippen molar-refractivity contribution in [2.75, 3.05) is 12.4 Å². The number of thioether (sulfide) groups is 1. The quantitative estimate of drug-likeness (QED) is 0.360. The standard InChI is InChI=1S/C17H16N2O7S/c1-9(20)26-7-11-8-27-16-17(25,15(24)19(16)12(11)14(22)23)18-13(21)10-5-3-2-4-6-10/h2-6,16,25H,7-8H2,1H3,(H,18,21)(H,22,23)/t16-,17?/m1/s1. The molecule has 3 N–H and O–H groups in total. The summed E-state index contributed by atoms with van der Waals surface area (Å²) in [5.41, 5.74) is -2.07. The maximum Gasteiger partial charge on any atom is 0.352 e. The first-order chi connectivity index (χ1) is 12.8. The average molecular weight is 392 g/mol. The SMILES string of the molecule is CC(=O)OCC1=C(C(=O)O)N2C(=O)C(O)(NC(=O)c3ccccc3)[C@H]2SC1. The van der Waals surface area contributed by atoms with Crippen LogP contribution in [0.25, 0.3) is 0 Å². The highest BCUT2D eigenvalue weighted by Gasteiger charge is 2.65. The zero-order chi connectivity index (χ0) is 19.8. The van der Waals surface area contributed by atoms with E-state index < -0.39 is 34.9 Å². The molecule has 9 nitrogen and oxygen atoms in total. The first kappa shape index (κ1) is 18.9. The first-order valence-corrected chi connectivity index (χ1v) is 8.94. The molecule has 0 bridgehead atoms. The highest BCUT2D eigenvalue weighted by molar-refractivity contribution is 8.00. The molecule has 0 saturated carbocycles. The molecule has 2 amide bonds. The number of aliphatic hydroxyl groups is 1. The number of aliphatic carboxylic acids is 1. The lowest BCUT2D eigenvalue weighted by Crippen LogP contribution is -2.80. The van der Waals surface area contributed by atoms with Crippen LogP contribution in [0.4, 0.5) is 0 Å². The van der Waals surface area contributed by atoms with Crippen molar-refractivity contribution in [1.82, 2.24) is 10.2 Å². The number of amides is 2. The lowest BCUT2D eigenvalue weighted by atomic mass is 9.98. The van der Waals surface area contributed by atoms with Gasteiger partial charge in [0.25, 0.3) is 17.5 Å². The van der Waals surface area contributed by atoms with Crippen LogP contribution in [-0.2, 0) is 19.1 Å². The zero-order valence-electron chi connectivity index (χ0n) is 14.2. The van der Waals surface area contributed by atoms with Gasteiger partial charge in [-0.25, -0.2) is 4.79 Å². The summed E-state index contributed by atoms with van der Waals surface area (Å²) in [7, 11) is 0. The third kappa shape index (κ3) is 3.28. The Morgan fingerprint density at radius 2 is 2.00 bits per heavy atom. The third-order valence-corrected chi connectivity index (χ3v) is 5.50. The lowest BCUT2D eigenvalue weighted by Gasteiger charge is -2.54. The second kappa shape index (κ2) is 7.05. The van der Waals surface area contributed by atoms with E-state index in [9.17, 15) is 29.4 Å². The fourth-order valence-electron chi connectivity index (χ4n) is 2.85. The summed E-state index contributed by atoms with van der Waals surface area (Å²) in [4.78, 5) is 48.3. The molecule has 2 aliphatic heterocycles. The van der Waals surface area contributed by atoms with Crippen LogP contribution in [0.1, 0.15) is 17.3 Å². The van der Waals surface area contributed by atoms with E-state index in [0.717, 1.165) is 16.7 Å². The van der Waals surface area contributed by atoms with Gasteiger partial charge < -0.3 is 20.3 Å². The normalized spacial score (nSPS) is 24.0. The number of carboxylic acids is 1. The van der Waals surface area contributed by atoms with E-state index in [2.05, 4.69) is 5.32 Å². The number of rotatable bonds is 5. The Bertz CT molecular complexity index is 854. The largest absolute Gasteiger partial charge is 0.477 e. The molecule has 2 heterocycles. The van der Waals surface area contributed by atoms with Crippen LogP contribution in [0.2, 0.25) is 0 Å². The number of esters is 1. The third-order valence-electron chi connectivity index (χ3n) is 4.12. The van der Waals surface area contributed by atoms with Crippen molar-refractivity contribution in [3.05, 3.63) is 47.2 Å². The van der Waals surface area contributed by atoms with E-state index in [1.54, 1.807) is 18.2 Å². The number of carbonyl (C=O) groups excluding carboxylic acids is 3. The van der Waals surface area contributed by atoms with Crippen LogP contribution < -0.4 is 5.32 Å². The van der Waals surface area contributed by atoms with Crippen molar-refractivity contribution in [3.8, 4) is 0 Å². The summed E-state index contributed by atoms with van der Waals surface area (Å²) >= 11 is 1.07. The van der Waals surface area contributed by atoms with E-state index >= 15 is 0 Å². The summed E-state index contributed by atoms with van der Waals surface area (Å²) < 4.78 is 4.84. The molecule has 1 fully saturated rings. The molecule has 2 atom stereocenters. The molecule has 0 aliphatic carbocycles. The molecule has 2 aliphatic rings. The number of fused-ring (bicyclic) bond motifs is 1. The average Bonchev–Trinajstić information content (AvgIpc) is 2.65. The van der Waals surface area contributed by atoms with Crippen LogP contribution >= 0.6 is 11.8 Å². The maximum absolute atomic E-state index is 12.5. The summed E-state index contributed by atoms with van der Waals surface area (Å²) in [5.74, 6) is -3.46. The second-order valence-electron chi connectivity index (χ2n) is 5.96. The summed E-state index contributed by atoms with van der Waals surface area (Å²) in [5, 5.41) is 21.4. The number of ether oxygens (including phenoxy) is 1. The number of hydrogen-bond acceptors (Lipinski definition) is 7. The minimum Gasteiger partial charge on any atom is -0.477 e. The number of benzene rings is 1. The van der Waals surface area contributed by atoms with Gasteiger partial charge in [0, 0.05) is 23.8 Å². The molecule has 1 saturated heterocycles. The highest BCUT2D eigenvalue weighted by Crippen LogP contribution is 2.45. The Morgan fingerprint density at radius 1 is 1.33 bits per heavy atom. The van der Waals surface area contributed by atoms with Gasteiger partial charge in [0.1, 0.15) is 17.7 Å². The van der Waals surface area contributed by atoms with Crippen molar-refractivity contribution < 1.29 is 34.1 Å². The molecule has 0 spiro atoms. The van der Waals surface area contributed by atoms with Crippen molar-refractivity contribution in [3.63, 3.8) is 0 Å². The zero-order valence-corrected chi connectivity index (χ0v) is 15.0. The van der Waals surface area contributed by atoms with Gasteiger partial charge >= 0.3 is 11.9 Å². The van der Waals surface area contributed by atoms with E-state index in [1.165, 1.54) is 19.1 Å². The summed E-state index contributed by atoms with van der Waals surface area (Å²) in [6.45, 7) is 0.918. The number of nitrogens with one attached hydrogen (secondary N) is 1. The molecular weight excluding hydrogens is 376 g/mol. The molecule has 1 unspecified atom stereocenters. The number of β-lactam (4-membered cyclic amide) rings is 1. The predicted octanol–water partition coefficient (Wildman–Crippen LogP) is -0.0781. The monoisotopic (exact) mass is 392 g/mol. The van der Waals surface area contributed by atoms with Crippen LogP contribution in [-0.4, -0.2) is 62.3 Å². The molecule has 142 valence electrons. The van der Waals surface area contributed by atoms with Gasteiger partial charge in [-0.1, -0.05) is 18.2 Å². The lowest BCUT2D eigenvalue weighted by molar-refractivity contribution is -0.182. The van der Waals surface area contributed by atoms with Crippen LogP contribution in [0, 0.1) is 0 Å². The molecule has 0 radical (unpaired) electrons. The Hall–Kier alpha value is -2.85. The van der Waals surface area contributed by atoms with Crippen molar-refractivity contribution in [2.24, 2.45) is 0 Å². The predicted molar refractivity (Wildman–Crippen MR) is 93.2 cm³/mol. The van der Waals surface area contributed by atoms with E-state index in [4.69, 9.17) is 4.74 Å². The fraction of sp³-hybridized carbons (Fsp3) is 0.294. The highest BCUT2D eigenvalue weighted by atomic mass is 32.2. The van der Waals surface area contributed by atoms with E-state index in [-0.39, 0.29) is 29.2 Å². The minimum absolute atomic E-state index is 0.118. The molecule has 1 aromatic carbocycles. The van der Waals surface area contributed by atoms with Gasteiger partial charge in [0.2, 0.25) is 0 Å². The van der Waals surface area contributed by atoms with Crippen LogP contribution in [0.5, 0.6) is 0 Å². The number of hydrogen-bond donors (Lipinski definition) is 3. The number of carbonyl (C=O) groups is 4. The Balaban J connectivity index is 1.83. The topological polar surface area (TPSA) is 133 Å². The van der Waals surface area contributed by atoms with Gasteiger partial charge in [0.05, 0.1) is 0 Å². The Labute approximate surface area is 158 Å². The Kier molecular flexibility index (Phi) is 4.94.